The van der Waals surface area contributed by atoms with Crippen LogP contribution in [0.1, 0.15) is 25.3 Å². The summed E-state index contributed by atoms with van der Waals surface area (Å²) in [6, 6.07) is 8.52. The highest BCUT2D eigenvalue weighted by Crippen LogP contribution is 2.35. The number of aliphatic carboxylic acids is 1. The molecule has 4 nitrogen and oxygen atoms in total. The molecule has 1 saturated heterocycles. The van der Waals surface area contributed by atoms with Crippen LogP contribution in [-0.2, 0) is 9.59 Å². The lowest BCUT2D eigenvalue weighted by Gasteiger charge is -2.22. The second-order valence-corrected chi connectivity index (χ2v) is 7.25. The number of carbonyl (C=O) groups excluding carboxylic acids is 1. The van der Waals surface area contributed by atoms with E-state index >= 15 is 0 Å². The molecule has 0 spiro atoms. The number of benzene rings is 1. The Morgan fingerprint density at radius 2 is 2.08 bits per heavy atom. The van der Waals surface area contributed by atoms with Crippen LogP contribution in [0.3, 0.4) is 0 Å². The summed E-state index contributed by atoms with van der Waals surface area (Å²) in [6.07, 6.45) is 4.25. The molecule has 1 aliphatic heterocycles. The lowest BCUT2D eigenvalue weighted by molar-refractivity contribution is -0.145. The Kier molecular flexibility index (Phi) is 6.60. The Morgan fingerprint density at radius 1 is 1.42 bits per heavy atom. The van der Waals surface area contributed by atoms with Crippen LogP contribution < -0.4 is 0 Å². The van der Waals surface area contributed by atoms with Crippen LogP contribution in [0.5, 0.6) is 0 Å². The zero-order valence-electron chi connectivity index (χ0n) is 12.9. The van der Waals surface area contributed by atoms with E-state index in [2.05, 4.69) is 0 Å². The molecule has 24 heavy (non-hydrogen) atoms. The molecule has 0 aromatic heterocycles. The lowest BCUT2D eigenvalue weighted by Crippen LogP contribution is -2.43. The molecule has 126 valence electrons. The fourth-order valence-corrected chi connectivity index (χ4v) is 3.91. The number of rotatable bonds is 6. The quantitative estimate of drug-likeness (QED) is 0.589. The molecule has 1 atom stereocenters. The lowest BCUT2D eigenvalue weighted by atomic mass is 10.1. The SMILES string of the molecule is CCC[C@@H](C(=O)O)N1C(=O)/C(=C/C(Cl)=C/c2ccccc2)SC1=S. The number of carbonyl (C=O) groups is 2. The van der Waals surface area contributed by atoms with Gasteiger partial charge in [0.2, 0.25) is 0 Å². The number of thiocarbonyl (C=S) groups is 1. The van der Waals surface area contributed by atoms with Crippen molar-refractivity contribution in [3.63, 3.8) is 0 Å². The third-order valence-corrected chi connectivity index (χ3v) is 4.90. The topological polar surface area (TPSA) is 57.6 Å². The molecular weight excluding hydrogens is 366 g/mol. The average molecular weight is 382 g/mol. The summed E-state index contributed by atoms with van der Waals surface area (Å²) in [5, 5.41) is 9.72. The monoisotopic (exact) mass is 381 g/mol. The molecule has 1 aliphatic rings. The van der Waals surface area contributed by atoms with Crippen LogP contribution in [-0.4, -0.2) is 32.2 Å². The average Bonchev–Trinajstić information content (AvgIpc) is 2.80. The zero-order valence-corrected chi connectivity index (χ0v) is 15.3. The Bertz CT molecular complexity index is 716. The highest BCUT2D eigenvalue weighted by atomic mass is 35.5. The number of thioether (sulfide) groups is 1. The summed E-state index contributed by atoms with van der Waals surface area (Å²) in [6.45, 7) is 1.86. The maximum absolute atomic E-state index is 12.5. The molecule has 1 N–H and O–H groups in total. The van der Waals surface area contributed by atoms with E-state index in [1.165, 1.54) is 11.0 Å². The van der Waals surface area contributed by atoms with Gasteiger partial charge in [-0.1, -0.05) is 79.3 Å². The number of carboxylic acid groups (broad SMARTS) is 1. The smallest absolute Gasteiger partial charge is 0.326 e. The van der Waals surface area contributed by atoms with Crippen LogP contribution in [0.15, 0.2) is 46.3 Å². The van der Waals surface area contributed by atoms with Gasteiger partial charge in [-0.15, -0.1) is 0 Å². The van der Waals surface area contributed by atoms with E-state index in [-0.39, 0.29) is 4.32 Å². The van der Waals surface area contributed by atoms with Gasteiger partial charge >= 0.3 is 5.97 Å². The molecule has 0 saturated carbocycles. The second kappa shape index (κ2) is 8.46. The first-order valence-corrected chi connectivity index (χ1v) is 8.96. The minimum atomic E-state index is -1.06. The van der Waals surface area contributed by atoms with Crippen molar-refractivity contribution in [1.82, 2.24) is 4.90 Å². The summed E-state index contributed by atoms with van der Waals surface area (Å²) < 4.78 is 0.247. The maximum atomic E-state index is 12.5. The van der Waals surface area contributed by atoms with Crippen molar-refractivity contribution in [2.75, 3.05) is 0 Å². The molecule has 1 amide bonds. The van der Waals surface area contributed by atoms with Crippen LogP contribution >= 0.6 is 35.6 Å². The molecule has 2 rings (SSSR count). The fourth-order valence-electron chi connectivity index (χ4n) is 2.26. The van der Waals surface area contributed by atoms with Gasteiger partial charge in [-0.3, -0.25) is 9.69 Å². The van der Waals surface area contributed by atoms with Crippen molar-refractivity contribution >= 4 is 57.9 Å². The minimum Gasteiger partial charge on any atom is -0.480 e. The first-order valence-electron chi connectivity index (χ1n) is 7.36. The highest BCUT2D eigenvalue weighted by Gasteiger charge is 2.39. The van der Waals surface area contributed by atoms with E-state index in [1.54, 1.807) is 6.08 Å². The van der Waals surface area contributed by atoms with Gasteiger partial charge in [0.1, 0.15) is 10.4 Å². The van der Waals surface area contributed by atoms with Crippen molar-refractivity contribution < 1.29 is 14.7 Å². The first kappa shape index (κ1) is 18.7. The summed E-state index contributed by atoms with van der Waals surface area (Å²) in [5.41, 5.74) is 0.906. The zero-order chi connectivity index (χ0) is 17.7. The molecule has 1 aromatic rings. The molecule has 0 unspecified atom stereocenters. The number of hydrogen-bond donors (Lipinski definition) is 1. The van der Waals surface area contributed by atoms with Crippen LogP contribution in [0, 0.1) is 0 Å². The maximum Gasteiger partial charge on any atom is 0.326 e. The number of carboxylic acids is 1. The number of hydrogen-bond acceptors (Lipinski definition) is 4. The number of halogens is 1. The molecule has 0 bridgehead atoms. The fraction of sp³-hybridized carbons (Fsp3) is 0.235. The van der Waals surface area contributed by atoms with Crippen molar-refractivity contribution in [2.24, 2.45) is 0 Å². The van der Waals surface area contributed by atoms with Crippen molar-refractivity contribution in [3.05, 3.63) is 51.9 Å². The van der Waals surface area contributed by atoms with E-state index in [4.69, 9.17) is 23.8 Å². The van der Waals surface area contributed by atoms with E-state index in [0.717, 1.165) is 17.3 Å². The van der Waals surface area contributed by atoms with Gasteiger partial charge in [0.25, 0.3) is 5.91 Å². The molecule has 0 aliphatic carbocycles. The normalized spacial score (nSPS) is 18.3. The predicted octanol–water partition coefficient (Wildman–Crippen LogP) is 4.26. The standard InChI is InChI=1S/C17H16ClNO3S2/c1-2-6-13(16(21)22)19-15(20)14(24-17(19)23)10-12(18)9-11-7-4-3-5-8-11/h3-5,7-10,13H,2,6H2,1H3,(H,21,22)/b12-9-,14-10-/t13-/m0/s1. The third-order valence-electron chi connectivity index (χ3n) is 3.36. The molecule has 1 aromatic carbocycles. The predicted molar refractivity (Wildman–Crippen MR) is 102 cm³/mol. The number of nitrogens with zero attached hydrogens (tertiary/aromatic N) is 1. The van der Waals surface area contributed by atoms with Gasteiger partial charge in [-0.05, 0) is 24.1 Å². The first-order chi connectivity index (χ1) is 11.4. The molecule has 7 heteroatoms. The highest BCUT2D eigenvalue weighted by molar-refractivity contribution is 8.26. The van der Waals surface area contributed by atoms with Gasteiger partial charge in [-0.25, -0.2) is 4.79 Å². The largest absolute Gasteiger partial charge is 0.480 e. The summed E-state index contributed by atoms with van der Waals surface area (Å²) >= 11 is 12.5. The van der Waals surface area contributed by atoms with Crippen molar-refractivity contribution in [2.45, 2.75) is 25.8 Å². The van der Waals surface area contributed by atoms with Gasteiger partial charge < -0.3 is 5.11 Å². The Balaban J connectivity index is 2.24. The molecular formula is C17H16ClNO3S2. The van der Waals surface area contributed by atoms with E-state index in [9.17, 15) is 14.7 Å². The van der Waals surface area contributed by atoms with Gasteiger partial charge in [0.05, 0.1) is 4.91 Å². The second-order valence-electron chi connectivity index (χ2n) is 5.13. The van der Waals surface area contributed by atoms with Gasteiger partial charge in [0, 0.05) is 5.03 Å². The summed E-state index contributed by atoms with van der Waals surface area (Å²) in [5.74, 6) is -1.47. The van der Waals surface area contributed by atoms with E-state index < -0.39 is 17.9 Å². The summed E-state index contributed by atoms with van der Waals surface area (Å²) in [7, 11) is 0. The van der Waals surface area contributed by atoms with Gasteiger partial charge in [0.15, 0.2) is 0 Å². The number of allylic oxidation sites excluding steroid dienone is 2. The molecule has 1 fully saturated rings. The van der Waals surface area contributed by atoms with Crippen LogP contribution in [0.4, 0.5) is 0 Å². The Labute approximate surface area is 155 Å². The Hall–Kier alpha value is -1.63. The van der Waals surface area contributed by atoms with Gasteiger partial charge in [-0.2, -0.15) is 0 Å². The summed E-state index contributed by atoms with van der Waals surface area (Å²) in [4.78, 5) is 25.4. The molecule has 1 heterocycles. The van der Waals surface area contributed by atoms with E-state index in [1.807, 2.05) is 37.3 Å². The number of amides is 1. The third kappa shape index (κ3) is 4.47. The van der Waals surface area contributed by atoms with Crippen molar-refractivity contribution in [1.29, 1.82) is 0 Å². The van der Waals surface area contributed by atoms with Crippen LogP contribution in [0.2, 0.25) is 0 Å². The minimum absolute atomic E-state index is 0.247. The molecule has 0 radical (unpaired) electrons. The van der Waals surface area contributed by atoms with Crippen LogP contribution in [0.25, 0.3) is 6.08 Å². The van der Waals surface area contributed by atoms with E-state index in [0.29, 0.717) is 22.8 Å². The van der Waals surface area contributed by atoms with Crippen molar-refractivity contribution in [3.8, 4) is 0 Å². The Morgan fingerprint density at radius 3 is 2.67 bits per heavy atom.